The molecule has 1 atom stereocenters. The molecular weight excluding hydrogens is 222 g/mol. The summed E-state index contributed by atoms with van der Waals surface area (Å²) in [6, 6.07) is 0. The Hall–Kier alpha value is -1.60. The number of carboxylic acid groups (broad SMARTS) is 1. The van der Waals surface area contributed by atoms with Gasteiger partial charge in [-0.3, -0.25) is 4.79 Å². The van der Waals surface area contributed by atoms with Crippen molar-refractivity contribution in [1.29, 1.82) is 0 Å². The Kier molecular flexibility index (Phi) is 3.51. The van der Waals surface area contributed by atoms with Crippen LogP contribution in [0, 0.1) is 0 Å². The highest BCUT2D eigenvalue weighted by Crippen LogP contribution is 2.19. The van der Waals surface area contributed by atoms with Gasteiger partial charge in [-0.25, -0.2) is 13.5 Å². The molecule has 1 rings (SSSR count). The van der Waals surface area contributed by atoms with Crippen molar-refractivity contribution in [3.05, 3.63) is 5.82 Å². The monoisotopic (exact) mass is 234 g/mol. The first-order chi connectivity index (χ1) is 7.31. The smallest absolute Gasteiger partial charge is 0.314 e. The van der Waals surface area contributed by atoms with E-state index >= 15 is 0 Å². The number of tetrazole rings is 1. The zero-order valence-electron chi connectivity index (χ0n) is 8.89. The second kappa shape index (κ2) is 4.50. The maximum atomic E-state index is 12.6. The van der Waals surface area contributed by atoms with Crippen LogP contribution in [0.15, 0.2) is 0 Å². The lowest BCUT2D eigenvalue weighted by Crippen LogP contribution is -2.19. The molecular formula is C8H12F2N4O2. The summed E-state index contributed by atoms with van der Waals surface area (Å²) in [5.74, 6) is -4.76. The van der Waals surface area contributed by atoms with Crippen LogP contribution in [0.1, 0.15) is 32.0 Å². The van der Waals surface area contributed by atoms with Gasteiger partial charge in [0.2, 0.25) is 5.92 Å². The summed E-state index contributed by atoms with van der Waals surface area (Å²) in [5.41, 5.74) is 0. The number of aryl methyl sites for hydroxylation is 1. The minimum Gasteiger partial charge on any atom is -0.481 e. The maximum absolute atomic E-state index is 12.6. The Bertz CT molecular complexity index is 374. The minimum absolute atomic E-state index is 0.0803. The number of carbonyl (C=O) groups is 1. The normalized spacial score (nSPS) is 13.8. The summed E-state index contributed by atoms with van der Waals surface area (Å²) < 4.78 is 26.3. The third kappa shape index (κ3) is 3.21. The van der Waals surface area contributed by atoms with E-state index < -0.39 is 24.2 Å². The molecule has 6 nitrogen and oxygen atoms in total. The molecule has 0 bridgehead atoms. The number of aromatic nitrogens is 4. The highest BCUT2D eigenvalue weighted by atomic mass is 19.3. The van der Waals surface area contributed by atoms with Crippen LogP contribution in [0.4, 0.5) is 8.78 Å². The van der Waals surface area contributed by atoms with Gasteiger partial charge in [-0.05, 0) is 24.3 Å². The lowest BCUT2D eigenvalue weighted by atomic mass is 10.1. The fourth-order valence-corrected chi connectivity index (χ4v) is 1.09. The SMILES string of the molecule is CC(C(=O)O)c1nnnn1CCC(C)(F)F. The molecule has 0 amide bonds. The average Bonchev–Trinajstić information content (AvgIpc) is 2.59. The number of nitrogens with zero attached hydrogens (tertiary/aromatic N) is 4. The number of alkyl halides is 2. The van der Waals surface area contributed by atoms with E-state index in [0.29, 0.717) is 0 Å². The first-order valence-corrected chi connectivity index (χ1v) is 4.68. The van der Waals surface area contributed by atoms with Gasteiger partial charge in [-0.2, -0.15) is 0 Å². The Labute approximate surface area is 90.3 Å². The molecule has 1 unspecified atom stereocenters. The number of hydrogen-bond acceptors (Lipinski definition) is 4. The van der Waals surface area contributed by atoms with E-state index in [1.165, 1.54) is 6.92 Å². The van der Waals surface area contributed by atoms with E-state index in [9.17, 15) is 13.6 Å². The van der Waals surface area contributed by atoms with Crippen molar-refractivity contribution in [3.8, 4) is 0 Å². The Morgan fingerprint density at radius 2 is 2.25 bits per heavy atom. The molecule has 90 valence electrons. The summed E-state index contributed by atoms with van der Waals surface area (Å²) in [6.45, 7) is 2.08. The van der Waals surface area contributed by atoms with Gasteiger partial charge in [0.25, 0.3) is 0 Å². The quantitative estimate of drug-likeness (QED) is 0.818. The molecule has 16 heavy (non-hydrogen) atoms. The highest BCUT2D eigenvalue weighted by Gasteiger charge is 2.25. The minimum atomic E-state index is -2.82. The Morgan fingerprint density at radius 3 is 2.75 bits per heavy atom. The topological polar surface area (TPSA) is 80.9 Å². The molecule has 0 radical (unpaired) electrons. The van der Waals surface area contributed by atoms with Crippen molar-refractivity contribution in [2.75, 3.05) is 0 Å². The summed E-state index contributed by atoms with van der Waals surface area (Å²) in [6.07, 6.45) is -0.433. The van der Waals surface area contributed by atoms with Crippen LogP contribution < -0.4 is 0 Å². The van der Waals surface area contributed by atoms with E-state index in [-0.39, 0.29) is 12.4 Å². The van der Waals surface area contributed by atoms with Crippen molar-refractivity contribution < 1.29 is 18.7 Å². The molecule has 1 N–H and O–H groups in total. The van der Waals surface area contributed by atoms with Crippen LogP contribution in [0.25, 0.3) is 0 Å². The van der Waals surface area contributed by atoms with Crippen molar-refractivity contribution >= 4 is 5.97 Å². The van der Waals surface area contributed by atoms with Crippen LogP contribution in [0.5, 0.6) is 0 Å². The standard InChI is InChI=1S/C8H12F2N4O2/c1-5(7(15)16)6-11-12-13-14(6)4-3-8(2,9)10/h5H,3-4H2,1-2H3,(H,15,16). The molecule has 0 aromatic carbocycles. The molecule has 0 aliphatic heterocycles. The summed E-state index contributed by atoms with van der Waals surface area (Å²) in [4.78, 5) is 10.7. The molecule has 1 heterocycles. The zero-order chi connectivity index (χ0) is 12.3. The van der Waals surface area contributed by atoms with Crippen LogP contribution in [-0.2, 0) is 11.3 Å². The first kappa shape index (κ1) is 12.5. The van der Waals surface area contributed by atoms with Gasteiger partial charge in [-0.15, -0.1) is 5.10 Å². The molecule has 0 spiro atoms. The van der Waals surface area contributed by atoms with E-state index in [4.69, 9.17) is 5.11 Å². The largest absolute Gasteiger partial charge is 0.481 e. The molecule has 8 heteroatoms. The van der Waals surface area contributed by atoms with Gasteiger partial charge in [-0.1, -0.05) is 0 Å². The van der Waals surface area contributed by atoms with E-state index in [1.807, 2.05) is 0 Å². The zero-order valence-corrected chi connectivity index (χ0v) is 8.89. The van der Waals surface area contributed by atoms with Crippen LogP contribution >= 0.6 is 0 Å². The number of carboxylic acids is 1. The second-order valence-corrected chi connectivity index (χ2v) is 3.64. The van der Waals surface area contributed by atoms with Crippen molar-refractivity contribution in [2.45, 2.75) is 38.7 Å². The Balaban J connectivity index is 2.75. The molecule has 0 aliphatic rings. The lowest BCUT2D eigenvalue weighted by molar-refractivity contribution is -0.138. The number of halogens is 2. The lowest BCUT2D eigenvalue weighted by Gasteiger charge is -2.11. The van der Waals surface area contributed by atoms with Gasteiger partial charge in [0.05, 0.1) is 6.54 Å². The fourth-order valence-electron chi connectivity index (χ4n) is 1.09. The van der Waals surface area contributed by atoms with Crippen molar-refractivity contribution in [2.24, 2.45) is 0 Å². The number of aliphatic carboxylic acids is 1. The van der Waals surface area contributed by atoms with E-state index in [1.54, 1.807) is 0 Å². The van der Waals surface area contributed by atoms with Gasteiger partial charge in [0, 0.05) is 6.42 Å². The van der Waals surface area contributed by atoms with Crippen LogP contribution in [0.3, 0.4) is 0 Å². The summed E-state index contributed by atoms with van der Waals surface area (Å²) >= 11 is 0. The van der Waals surface area contributed by atoms with E-state index in [2.05, 4.69) is 15.5 Å². The Morgan fingerprint density at radius 1 is 1.62 bits per heavy atom. The molecule has 1 aromatic heterocycles. The van der Waals surface area contributed by atoms with Crippen LogP contribution in [-0.4, -0.2) is 37.2 Å². The molecule has 0 saturated carbocycles. The fraction of sp³-hybridized carbons (Fsp3) is 0.750. The third-order valence-electron chi connectivity index (χ3n) is 2.08. The summed E-state index contributed by atoms with van der Waals surface area (Å²) in [7, 11) is 0. The molecule has 0 fully saturated rings. The van der Waals surface area contributed by atoms with E-state index in [0.717, 1.165) is 11.6 Å². The van der Waals surface area contributed by atoms with Gasteiger partial charge < -0.3 is 5.11 Å². The van der Waals surface area contributed by atoms with Gasteiger partial charge in [0.1, 0.15) is 5.92 Å². The number of hydrogen-bond donors (Lipinski definition) is 1. The molecule has 1 aromatic rings. The number of rotatable bonds is 5. The van der Waals surface area contributed by atoms with Crippen LogP contribution in [0.2, 0.25) is 0 Å². The molecule has 0 saturated heterocycles. The molecule has 0 aliphatic carbocycles. The highest BCUT2D eigenvalue weighted by molar-refractivity contribution is 5.74. The third-order valence-corrected chi connectivity index (χ3v) is 2.08. The van der Waals surface area contributed by atoms with Crippen molar-refractivity contribution in [3.63, 3.8) is 0 Å². The van der Waals surface area contributed by atoms with Gasteiger partial charge >= 0.3 is 5.97 Å². The summed E-state index contributed by atoms with van der Waals surface area (Å²) in [5, 5.41) is 19.0. The van der Waals surface area contributed by atoms with Gasteiger partial charge in [0.15, 0.2) is 5.82 Å². The average molecular weight is 234 g/mol. The van der Waals surface area contributed by atoms with Crippen molar-refractivity contribution in [1.82, 2.24) is 20.2 Å². The predicted octanol–water partition coefficient (Wildman–Crippen LogP) is 0.906. The predicted molar refractivity (Wildman–Crippen MR) is 49.1 cm³/mol. The second-order valence-electron chi connectivity index (χ2n) is 3.64. The first-order valence-electron chi connectivity index (χ1n) is 4.68. The maximum Gasteiger partial charge on any atom is 0.314 e.